The molecular formula is C17H24F2N2O. The molecule has 0 spiro atoms. The van der Waals surface area contributed by atoms with Crippen LogP contribution < -0.4 is 5.32 Å². The molecule has 0 aliphatic heterocycles. The van der Waals surface area contributed by atoms with Crippen molar-refractivity contribution in [2.24, 2.45) is 22.9 Å². The Morgan fingerprint density at radius 3 is 2.45 bits per heavy atom. The smallest absolute Gasteiger partial charge is 0.160 e. The molecule has 5 heteroatoms. The first-order valence-electron chi connectivity index (χ1n) is 7.92. The minimum atomic E-state index is -0.917. The lowest BCUT2D eigenvalue weighted by atomic mass is 9.76. The molecule has 0 heterocycles. The second kappa shape index (κ2) is 7.56. The second-order valence-electron chi connectivity index (χ2n) is 6.53. The van der Waals surface area contributed by atoms with Gasteiger partial charge in [0.2, 0.25) is 0 Å². The topological polar surface area (TPSA) is 44.6 Å². The highest BCUT2D eigenvalue weighted by Gasteiger charge is 2.24. The van der Waals surface area contributed by atoms with Crippen LogP contribution in [0.4, 0.5) is 14.5 Å². The summed E-state index contributed by atoms with van der Waals surface area (Å²) in [4.78, 5) is 0. The summed E-state index contributed by atoms with van der Waals surface area (Å²) in [7, 11) is 0. The molecule has 22 heavy (non-hydrogen) atoms. The van der Waals surface area contributed by atoms with Gasteiger partial charge in [0.15, 0.2) is 11.6 Å². The maximum absolute atomic E-state index is 13.2. The summed E-state index contributed by atoms with van der Waals surface area (Å²) in [6.45, 7) is 4.52. The fraction of sp³-hybridized carbons (Fsp3) is 0.588. The summed E-state index contributed by atoms with van der Waals surface area (Å²) in [5.41, 5.74) is 0.391. The second-order valence-corrected chi connectivity index (χ2v) is 6.53. The van der Waals surface area contributed by atoms with Crippen molar-refractivity contribution in [3.05, 3.63) is 29.8 Å². The van der Waals surface area contributed by atoms with E-state index in [1.54, 1.807) is 0 Å². The van der Waals surface area contributed by atoms with E-state index in [1.165, 1.54) is 18.9 Å². The fourth-order valence-electron chi connectivity index (χ4n) is 3.19. The third-order valence-electron chi connectivity index (χ3n) is 4.65. The lowest BCUT2D eigenvalue weighted by molar-refractivity contribution is 0.226. The number of amidine groups is 1. The van der Waals surface area contributed by atoms with Crippen LogP contribution in [0.5, 0.6) is 0 Å². The predicted octanol–water partition coefficient (Wildman–Crippen LogP) is 5.02. The van der Waals surface area contributed by atoms with Crippen molar-refractivity contribution in [1.29, 1.82) is 0 Å². The van der Waals surface area contributed by atoms with Crippen molar-refractivity contribution < 1.29 is 14.0 Å². The van der Waals surface area contributed by atoms with Crippen LogP contribution in [0, 0.1) is 29.4 Å². The molecule has 1 aliphatic carbocycles. The third kappa shape index (κ3) is 4.42. The van der Waals surface area contributed by atoms with Gasteiger partial charge in [-0.25, -0.2) is 8.78 Å². The van der Waals surface area contributed by atoms with Crippen molar-refractivity contribution in [3.8, 4) is 0 Å². The Labute approximate surface area is 130 Å². The summed E-state index contributed by atoms with van der Waals surface area (Å²) in [5, 5.41) is 15.3. The van der Waals surface area contributed by atoms with Crippen molar-refractivity contribution in [2.75, 3.05) is 5.32 Å². The molecule has 0 atom stereocenters. The van der Waals surface area contributed by atoms with Crippen LogP contribution in [0.25, 0.3) is 0 Å². The maximum atomic E-state index is 13.2. The van der Waals surface area contributed by atoms with Gasteiger partial charge < -0.3 is 10.5 Å². The average Bonchev–Trinajstić information content (AvgIpc) is 2.50. The first kappa shape index (κ1) is 16.7. The Morgan fingerprint density at radius 1 is 1.23 bits per heavy atom. The van der Waals surface area contributed by atoms with Crippen molar-refractivity contribution in [3.63, 3.8) is 0 Å². The Hall–Kier alpha value is -1.65. The highest BCUT2D eigenvalue weighted by Crippen LogP contribution is 2.35. The fourth-order valence-corrected chi connectivity index (χ4v) is 3.19. The largest absolute Gasteiger partial charge is 0.409 e. The number of hydrogen-bond donors (Lipinski definition) is 2. The summed E-state index contributed by atoms with van der Waals surface area (Å²) >= 11 is 0. The van der Waals surface area contributed by atoms with Gasteiger partial charge in [0, 0.05) is 18.2 Å². The van der Waals surface area contributed by atoms with E-state index in [0.29, 0.717) is 29.8 Å². The number of oxime groups is 1. The first-order valence-corrected chi connectivity index (χ1v) is 7.92. The molecule has 1 saturated carbocycles. The monoisotopic (exact) mass is 310 g/mol. The molecule has 0 aromatic heterocycles. The highest BCUT2D eigenvalue weighted by atomic mass is 19.2. The van der Waals surface area contributed by atoms with E-state index in [9.17, 15) is 8.78 Å². The molecule has 0 saturated heterocycles. The predicted molar refractivity (Wildman–Crippen MR) is 84.1 cm³/mol. The van der Waals surface area contributed by atoms with Crippen LogP contribution in [-0.4, -0.2) is 11.0 Å². The molecule has 1 aliphatic rings. The van der Waals surface area contributed by atoms with Gasteiger partial charge in [-0.15, -0.1) is 0 Å². The van der Waals surface area contributed by atoms with E-state index >= 15 is 0 Å². The van der Waals surface area contributed by atoms with Crippen molar-refractivity contribution in [1.82, 2.24) is 0 Å². The molecule has 1 aromatic carbocycles. The van der Waals surface area contributed by atoms with Gasteiger partial charge in [0.05, 0.1) is 0 Å². The standard InChI is InChI=1S/C17H24F2N2O/c1-11(2)13-5-3-12(4-6-13)9-17(21-22)20-14-7-8-15(18)16(19)10-14/h7-8,10-13,22H,3-6,9H2,1-2H3,(H,20,21)/t12-,13+. The molecule has 3 nitrogen and oxygen atoms in total. The first-order chi connectivity index (χ1) is 10.5. The van der Waals surface area contributed by atoms with Crippen molar-refractivity contribution >= 4 is 11.5 Å². The van der Waals surface area contributed by atoms with Gasteiger partial charge in [-0.3, -0.25) is 0 Å². The summed E-state index contributed by atoms with van der Waals surface area (Å²) in [6, 6.07) is 3.55. The van der Waals surface area contributed by atoms with Gasteiger partial charge in [0.1, 0.15) is 5.84 Å². The molecule has 1 aromatic rings. The average molecular weight is 310 g/mol. The molecule has 2 N–H and O–H groups in total. The van der Waals surface area contributed by atoms with Gasteiger partial charge in [-0.05, 0) is 55.6 Å². The van der Waals surface area contributed by atoms with Gasteiger partial charge in [-0.2, -0.15) is 0 Å². The van der Waals surface area contributed by atoms with Crippen LogP contribution in [0.3, 0.4) is 0 Å². The lowest BCUT2D eigenvalue weighted by Gasteiger charge is -2.31. The Bertz CT molecular complexity index is 523. The quantitative estimate of drug-likeness (QED) is 0.355. The van der Waals surface area contributed by atoms with E-state index in [4.69, 9.17) is 5.21 Å². The third-order valence-corrected chi connectivity index (χ3v) is 4.65. The van der Waals surface area contributed by atoms with E-state index in [-0.39, 0.29) is 0 Å². The molecule has 0 amide bonds. The minimum Gasteiger partial charge on any atom is -0.409 e. The summed E-state index contributed by atoms with van der Waals surface area (Å²) < 4.78 is 26.1. The molecular weight excluding hydrogens is 286 g/mol. The zero-order valence-corrected chi connectivity index (χ0v) is 13.1. The van der Waals surface area contributed by atoms with Crippen LogP contribution in [0.2, 0.25) is 0 Å². The molecule has 0 radical (unpaired) electrons. The summed E-state index contributed by atoms with van der Waals surface area (Å²) in [6.07, 6.45) is 5.25. The van der Waals surface area contributed by atoms with Gasteiger partial charge >= 0.3 is 0 Å². The Morgan fingerprint density at radius 2 is 1.91 bits per heavy atom. The van der Waals surface area contributed by atoms with Crippen molar-refractivity contribution in [2.45, 2.75) is 46.0 Å². The van der Waals surface area contributed by atoms with Crippen LogP contribution in [0.15, 0.2) is 23.4 Å². The van der Waals surface area contributed by atoms with Crippen LogP contribution >= 0.6 is 0 Å². The number of anilines is 1. The number of halogens is 2. The molecule has 1 fully saturated rings. The number of nitrogens with one attached hydrogen (secondary N) is 1. The number of benzene rings is 1. The van der Waals surface area contributed by atoms with Gasteiger partial charge in [0.25, 0.3) is 0 Å². The highest BCUT2D eigenvalue weighted by molar-refractivity contribution is 5.95. The SMILES string of the molecule is CC(C)[C@H]1CC[C@@H](C/C(=N/O)Nc2ccc(F)c(F)c2)CC1. The Balaban J connectivity index is 1.89. The van der Waals surface area contributed by atoms with E-state index in [2.05, 4.69) is 24.3 Å². The van der Waals surface area contributed by atoms with E-state index in [0.717, 1.165) is 30.9 Å². The molecule has 0 unspecified atom stereocenters. The number of nitrogens with zero attached hydrogens (tertiary/aromatic N) is 1. The normalized spacial score (nSPS) is 22.9. The summed E-state index contributed by atoms with van der Waals surface area (Å²) in [5.74, 6) is 0.564. The maximum Gasteiger partial charge on any atom is 0.160 e. The van der Waals surface area contributed by atoms with E-state index in [1.807, 2.05) is 0 Å². The zero-order chi connectivity index (χ0) is 16.1. The zero-order valence-electron chi connectivity index (χ0n) is 13.1. The number of rotatable bonds is 4. The molecule has 122 valence electrons. The Kier molecular flexibility index (Phi) is 5.75. The van der Waals surface area contributed by atoms with Crippen LogP contribution in [-0.2, 0) is 0 Å². The molecule has 0 bridgehead atoms. The van der Waals surface area contributed by atoms with Crippen LogP contribution in [0.1, 0.15) is 46.0 Å². The van der Waals surface area contributed by atoms with E-state index < -0.39 is 11.6 Å². The minimum absolute atomic E-state index is 0.391. The molecule has 2 rings (SSSR count). The number of hydrogen-bond acceptors (Lipinski definition) is 2. The lowest BCUT2D eigenvalue weighted by Crippen LogP contribution is -2.23. The van der Waals surface area contributed by atoms with Gasteiger partial charge in [-0.1, -0.05) is 19.0 Å².